The molecule has 0 saturated carbocycles. The topological polar surface area (TPSA) is 93.5 Å². The van der Waals surface area contributed by atoms with Crippen molar-refractivity contribution in [3.8, 4) is 0 Å². The second-order valence-corrected chi connectivity index (χ2v) is 9.96. The molecule has 0 spiro atoms. The number of hydrogen-bond acceptors (Lipinski definition) is 5. The molecule has 34 heavy (non-hydrogen) atoms. The van der Waals surface area contributed by atoms with E-state index in [1.807, 2.05) is 11.5 Å². The molecule has 3 aromatic rings. The molecule has 0 unspecified atom stereocenters. The number of aryl methyl sites for hydroxylation is 2. The number of fused-ring (bicyclic) bond motifs is 1. The van der Waals surface area contributed by atoms with Gasteiger partial charge in [0.15, 0.2) is 0 Å². The maximum Gasteiger partial charge on any atom is 0.243 e. The van der Waals surface area contributed by atoms with Gasteiger partial charge in [0.2, 0.25) is 15.9 Å². The molecule has 0 atom stereocenters. The number of carbonyl (C=O) groups is 1. The standard InChI is InChI=1S/C23H26F2N4O4S/c1-2-9-29-21-6-4-17(34(31,32)28-10-12-33-13-11-28)15-20(21)26-22(29)7-8-23(30)27-19-14-16(24)3-5-18(19)25/h3-6,14-15H,2,7-13H2,1H3,(H,27,30). The third kappa shape index (κ3) is 5.11. The molecule has 182 valence electrons. The minimum atomic E-state index is -3.66. The number of aromatic nitrogens is 2. The van der Waals surface area contributed by atoms with Crippen LogP contribution in [0.25, 0.3) is 11.0 Å². The van der Waals surface area contributed by atoms with Gasteiger partial charge in [0.25, 0.3) is 0 Å². The Bertz CT molecular complexity index is 1300. The van der Waals surface area contributed by atoms with Gasteiger partial charge >= 0.3 is 0 Å². The van der Waals surface area contributed by atoms with Crippen LogP contribution >= 0.6 is 0 Å². The van der Waals surface area contributed by atoms with Crippen molar-refractivity contribution in [3.05, 3.63) is 53.9 Å². The first-order valence-corrected chi connectivity index (χ1v) is 12.6. The van der Waals surface area contributed by atoms with Crippen molar-refractivity contribution in [2.24, 2.45) is 0 Å². The van der Waals surface area contributed by atoms with Crippen LogP contribution in [0.2, 0.25) is 0 Å². The quantitative estimate of drug-likeness (QED) is 0.521. The number of hydrogen-bond donors (Lipinski definition) is 1. The molecular formula is C23H26F2N4O4S. The SMILES string of the molecule is CCCn1c(CCC(=O)Nc2cc(F)ccc2F)nc2cc(S(=O)(=O)N3CCOCC3)ccc21. The van der Waals surface area contributed by atoms with E-state index in [0.29, 0.717) is 44.2 Å². The number of benzene rings is 2. The number of sulfonamides is 1. The van der Waals surface area contributed by atoms with Crippen LogP contribution in [0.4, 0.5) is 14.5 Å². The lowest BCUT2D eigenvalue weighted by Crippen LogP contribution is -2.40. The molecule has 1 N–H and O–H groups in total. The van der Waals surface area contributed by atoms with Gasteiger partial charge in [-0.25, -0.2) is 22.2 Å². The van der Waals surface area contributed by atoms with E-state index in [9.17, 15) is 22.0 Å². The molecule has 1 amide bonds. The molecule has 1 saturated heterocycles. The number of rotatable bonds is 8. The van der Waals surface area contributed by atoms with Gasteiger partial charge in [-0.1, -0.05) is 6.92 Å². The van der Waals surface area contributed by atoms with E-state index in [2.05, 4.69) is 10.3 Å². The molecular weight excluding hydrogens is 466 g/mol. The van der Waals surface area contributed by atoms with Crippen molar-refractivity contribution in [3.63, 3.8) is 0 Å². The number of nitrogens with zero attached hydrogens (tertiary/aromatic N) is 3. The summed E-state index contributed by atoms with van der Waals surface area (Å²) in [4.78, 5) is 17.1. The molecule has 8 nitrogen and oxygen atoms in total. The fourth-order valence-corrected chi connectivity index (χ4v) is 5.38. The van der Waals surface area contributed by atoms with E-state index >= 15 is 0 Å². The molecule has 1 aliphatic rings. The average Bonchev–Trinajstić information content (AvgIpc) is 3.17. The number of ether oxygens (including phenoxy) is 1. The lowest BCUT2D eigenvalue weighted by atomic mass is 10.2. The summed E-state index contributed by atoms with van der Waals surface area (Å²) < 4.78 is 61.8. The fraction of sp³-hybridized carbons (Fsp3) is 0.391. The largest absolute Gasteiger partial charge is 0.379 e. The van der Waals surface area contributed by atoms with Gasteiger partial charge < -0.3 is 14.6 Å². The molecule has 0 aliphatic carbocycles. The Balaban J connectivity index is 1.55. The van der Waals surface area contributed by atoms with Gasteiger partial charge in [-0.05, 0) is 36.8 Å². The van der Waals surface area contributed by atoms with E-state index < -0.39 is 27.6 Å². The number of amides is 1. The van der Waals surface area contributed by atoms with Crippen molar-refractivity contribution >= 4 is 32.7 Å². The monoisotopic (exact) mass is 492 g/mol. The summed E-state index contributed by atoms with van der Waals surface area (Å²) in [6.45, 7) is 3.97. The molecule has 11 heteroatoms. The Morgan fingerprint density at radius 3 is 2.65 bits per heavy atom. The molecule has 1 fully saturated rings. The van der Waals surface area contributed by atoms with Crippen molar-refractivity contribution < 1.29 is 26.7 Å². The van der Waals surface area contributed by atoms with E-state index in [0.717, 1.165) is 30.1 Å². The smallest absolute Gasteiger partial charge is 0.243 e. The first kappa shape index (κ1) is 24.2. The number of morpholine rings is 1. The highest BCUT2D eigenvalue weighted by Gasteiger charge is 2.27. The number of halogens is 2. The summed E-state index contributed by atoms with van der Waals surface area (Å²) in [6, 6.07) is 7.72. The highest BCUT2D eigenvalue weighted by atomic mass is 32.2. The van der Waals surface area contributed by atoms with E-state index in [4.69, 9.17) is 4.74 Å². The molecule has 2 heterocycles. The van der Waals surface area contributed by atoms with Crippen LogP contribution in [0.15, 0.2) is 41.3 Å². The predicted octanol–water partition coefficient (Wildman–Crippen LogP) is 3.32. The Morgan fingerprint density at radius 2 is 1.91 bits per heavy atom. The maximum atomic E-state index is 13.8. The van der Waals surface area contributed by atoms with Gasteiger partial charge in [-0.3, -0.25) is 4.79 Å². The van der Waals surface area contributed by atoms with Crippen LogP contribution in [0.5, 0.6) is 0 Å². The zero-order valence-electron chi connectivity index (χ0n) is 18.8. The third-order valence-electron chi connectivity index (χ3n) is 5.63. The number of anilines is 1. The van der Waals surface area contributed by atoms with E-state index in [1.165, 1.54) is 4.31 Å². The lowest BCUT2D eigenvalue weighted by Gasteiger charge is -2.26. The maximum absolute atomic E-state index is 13.8. The second-order valence-electron chi connectivity index (χ2n) is 8.02. The summed E-state index contributed by atoms with van der Waals surface area (Å²) in [5.74, 6) is -1.23. The molecule has 1 aromatic heterocycles. The molecule has 0 radical (unpaired) electrons. The highest BCUT2D eigenvalue weighted by molar-refractivity contribution is 7.89. The lowest BCUT2D eigenvalue weighted by molar-refractivity contribution is -0.116. The number of nitrogens with one attached hydrogen (secondary N) is 1. The van der Waals surface area contributed by atoms with Crippen LogP contribution < -0.4 is 5.32 Å². The van der Waals surface area contributed by atoms with Crippen LogP contribution in [0.3, 0.4) is 0 Å². The third-order valence-corrected chi connectivity index (χ3v) is 7.53. The van der Waals surface area contributed by atoms with Crippen molar-refractivity contribution in [1.29, 1.82) is 0 Å². The summed E-state index contributed by atoms with van der Waals surface area (Å²) in [5, 5.41) is 2.39. The van der Waals surface area contributed by atoms with Gasteiger partial charge in [0.1, 0.15) is 17.5 Å². The fourth-order valence-electron chi connectivity index (χ4n) is 3.95. The summed E-state index contributed by atoms with van der Waals surface area (Å²) >= 11 is 0. The van der Waals surface area contributed by atoms with Crippen LogP contribution in [0, 0.1) is 11.6 Å². The second kappa shape index (κ2) is 10.2. The normalized spacial score (nSPS) is 15.0. The van der Waals surface area contributed by atoms with Gasteiger partial charge in [0.05, 0.1) is 34.8 Å². The summed E-state index contributed by atoms with van der Waals surface area (Å²) in [6.07, 6.45) is 1.07. The zero-order chi connectivity index (χ0) is 24.3. The van der Waals surface area contributed by atoms with Crippen LogP contribution in [0.1, 0.15) is 25.6 Å². The van der Waals surface area contributed by atoms with Gasteiger partial charge in [-0.15, -0.1) is 0 Å². The van der Waals surface area contributed by atoms with Gasteiger partial charge in [0, 0.05) is 38.5 Å². The Hall–Kier alpha value is -2.89. The Morgan fingerprint density at radius 1 is 1.15 bits per heavy atom. The predicted molar refractivity (Wildman–Crippen MR) is 123 cm³/mol. The molecule has 4 rings (SSSR count). The molecule has 1 aliphatic heterocycles. The van der Waals surface area contributed by atoms with Crippen LogP contribution in [-0.4, -0.2) is 54.5 Å². The van der Waals surface area contributed by atoms with Crippen molar-refractivity contribution in [1.82, 2.24) is 13.9 Å². The number of carbonyl (C=O) groups excluding carboxylic acids is 1. The van der Waals surface area contributed by atoms with Crippen molar-refractivity contribution in [2.45, 2.75) is 37.6 Å². The van der Waals surface area contributed by atoms with Gasteiger partial charge in [-0.2, -0.15) is 4.31 Å². The first-order chi connectivity index (χ1) is 16.3. The summed E-state index contributed by atoms with van der Waals surface area (Å²) in [5.41, 5.74) is 1.08. The minimum Gasteiger partial charge on any atom is -0.379 e. The van der Waals surface area contributed by atoms with Crippen LogP contribution in [-0.2, 0) is 32.5 Å². The first-order valence-electron chi connectivity index (χ1n) is 11.1. The average molecular weight is 493 g/mol. The van der Waals surface area contributed by atoms with E-state index in [-0.39, 0.29) is 23.4 Å². The summed E-state index contributed by atoms with van der Waals surface area (Å²) in [7, 11) is -3.66. The molecule has 2 aromatic carbocycles. The van der Waals surface area contributed by atoms with Crippen molar-refractivity contribution in [2.75, 3.05) is 31.6 Å². The zero-order valence-corrected chi connectivity index (χ0v) is 19.6. The van der Waals surface area contributed by atoms with E-state index in [1.54, 1.807) is 18.2 Å². The Kier molecular flexibility index (Phi) is 7.24. The molecule has 0 bridgehead atoms. The Labute approximate surface area is 196 Å². The highest BCUT2D eigenvalue weighted by Crippen LogP contribution is 2.25. The number of imidazole rings is 1. The minimum absolute atomic E-state index is 0.00191.